The Balaban J connectivity index is 2.05. The van der Waals surface area contributed by atoms with Gasteiger partial charge in [0.15, 0.2) is 0 Å². The number of aliphatic hydroxyl groups is 1. The maximum Gasteiger partial charge on any atom is 0.0565 e. The third kappa shape index (κ3) is 3.08. The number of hydrogen-bond acceptors (Lipinski definition) is 2. The van der Waals surface area contributed by atoms with E-state index in [4.69, 9.17) is 4.74 Å². The van der Waals surface area contributed by atoms with Gasteiger partial charge < -0.3 is 9.84 Å². The van der Waals surface area contributed by atoms with Gasteiger partial charge in [0.1, 0.15) is 0 Å². The van der Waals surface area contributed by atoms with Crippen molar-refractivity contribution in [1.29, 1.82) is 0 Å². The van der Waals surface area contributed by atoms with Crippen molar-refractivity contribution in [3.8, 4) is 0 Å². The fourth-order valence-electron chi connectivity index (χ4n) is 4.13. The van der Waals surface area contributed by atoms with Gasteiger partial charge in [-0.3, -0.25) is 0 Å². The zero-order valence-electron chi connectivity index (χ0n) is 12.3. The summed E-state index contributed by atoms with van der Waals surface area (Å²) in [6.07, 6.45) is 7.75. The van der Waals surface area contributed by atoms with Crippen molar-refractivity contribution in [1.82, 2.24) is 0 Å². The molecule has 106 valence electrons. The van der Waals surface area contributed by atoms with E-state index in [9.17, 15) is 5.11 Å². The van der Waals surface area contributed by atoms with Crippen LogP contribution in [0.25, 0.3) is 0 Å². The van der Waals surface area contributed by atoms with Crippen LogP contribution in [-0.2, 0) is 4.74 Å². The highest BCUT2D eigenvalue weighted by Crippen LogP contribution is 2.44. The fourth-order valence-corrected chi connectivity index (χ4v) is 4.13. The molecule has 1 saturated carbocycles. The topological polar surface area (TPSA) is 29.5 Å². The summed E-state index contributed by atoms with van der Waals surface area (Å²) in [5.41, 5.74) is 0. The molecule has 6 atom stereocenters. The van der Waals surface area contributed by atoms with Gasteiger partial charge in [0.2, 0.25) is 0 Å². The van der Waals surface area contributed by atoms with Crippen LogP contribution in [0.2, 0.25) is 0 Å². The Morgan fingerprint density at radius 1 is 1.22 bits per heavy atom. The Labute approximate surface area is 112 Å². The van der Waals surface area contributed by atoms with Crippen molar-refractivity contribution in [2.45, 2.75) is 71.5 Å². The molecule has 0 spiro atoms. The van der Waals surface area contributed by atoms with E-state index in [0.717, 1.165) is 18.9 Å². The average Bonchev–Trinajstić information content (AvgIpc) is 2.59. The predicted octanol–water partition coefficient (Wildman–Crippen LogP) is 3.62. The second-order valence-electron chi connectivity index (χ2n) is 6.57. The zero-order valence-corrected chi connectivity index (χ0v) is 12.3. The van der Waals surface area contributed by atoms with Crippen LogP contribution in [0.1, 0.15) is 59.3 Å². The van der Waals surface area contributed by atoms with E-state index in [0.29, 0.717) is 23.9 Å². The highest BCUT2D eigenvalue weighted by atomic mass is 16.5. The normalized spacial score (nSPS) is 40.7. The Bertz CT molecular complexity index is 251. The summed E-state index contributed by atoms with van der Waals surface area (Å²) in [5.74, 6) is 2.64. The van der Waals surface area contributed by atoms with E-state index in [-0.39, 0.29) is 6.10 Å². The third-order valence-corrected chi connectivity index (χ3v) is 5.49. The summed E-state index contributed by atoms with van der Waals surface area (Å²) in [6.45, 7) is 7.47. The van der Waals surface area contributed by atoms with E-state index in [1.54, 1.807) is 0 Å². The summed E-state index contributed by atoms with van der Waals surface area (Å²) >= 11 is 0. The molecule has 0 amide bonds. The summed E-state index contributed by atoms with van der Waals surface area (Å²) in [4.78, 5) is 0. The average molecular weight is 254 g/mol. The van der Waals surface area contributed by atoms with Gasteiger partial charge in [-0.1, -0.05) is 26.7 Å². The lowest BCUT2D eigenvalue weighted by molar-refractivity contribution is -0.0213. The smallest absolute Gasteiger partial charge is 0.0565 e. The van der Waals surface area contributed by atoms with Crippen molar-refractivity contribution < 1.29 is 9.84 Å². The van der Waals surface area contributed by atoms with Crippen molar-refractivity contribution in [3.05, 3.63) is 0 Å². The quantitative estimate of drug-likeness (QED) is 0.833. The van der Waals surface area contributed by atoms with E-state index >= 15 is 0 Å². The van der Waals surface area contributed by atoms with Gasteiger partial charge >= 0.3 is 0 Å². The summed E-state index contributed by atoms with van der Waals surface area (Å²) < 4.78 is 5.98. The number of ether oxygens (including phenoxy) is 1. The molecule has 1 heterocycles. The van der Waals surface area contributed by atoms with Gasteiger partial charge in [-0.25, -0.2) is 0 Å². The Morgan fingerprint density at radius 2 is 2.00 bits per heavy atom. The van der Waals surface area contributed by atoms with Gasteiger partial charge in [-0.05, 0) is 56.3 Å². The molecular formula is C16H30O2. The van der Waals surface area contributed by atoms with Crippen LogP contribution >= 0.6 is 0 Å². The fraction of sp³-hybridized carbons (Fsp3) is 1.00. The van der Waals surface area contributed by atoms with Gasteiger partial charge in [0.05, 0.1) is 18.8 Å². The number of aliphatic hydroxyl groups excluding tert-OH is 1. The Hall–Kier alpha value is -0.0800. The van der Waals surface area contributed by atoms with Crippen LogP contribution in [-0.4, -0.2) is 23.9 Å². The highest BCUT2D eigenvalue weighted by Gasteiger charge is 2.39. The summed E-state index contributed by atoms with van der Waals surface area (Å²) in [7, 11) is 0. The Kier molecular flexibility index (Phi) is 5.08. The second kappa shape index (κ2) is 6.38. The van der Waals surface area contributed by atoms with Crippen LogP contribution in [0.15, 0.2) is 0 Å². The van der Waals surface area contributed by atoms with Crippen molar-refractivity contribution in [2.24, 2.45) is 23.7 Å². The van der Waals surface area contributed by atoms with Crippen LogP contribution < -0.4 is 0 Å². The van der Waals surface area contributed by atoms with Crippen LogP contribution in [0.4, 0.5) is 0 Å². The van der Waals surface area contributed by atoms with Crippen molar-refractivity contribution in [2.75, 3.05) is 6.61 Å². The zero-order chi connectivity index (χ0) is 13.1. The van der Waals surface area contributed by atoms with E-state index in [2.05, 4.69) is 20.8 Å². The molecule has 2 aliphatic rings. The van der Waals surface area contributed by atoms with Crippen LogP contribution in [0.5, 0.6) is 0 Å². The molecule has 0 aromatic heterocycles. The second-order valence-corrected chi connectivity index (χ2v) is 6.57. The molecule has 0 aromatic rings. The molecule has 2 nitrogen and oxygen atoms in total. The first-order valence-corrected chi connectivity index (χ1v) is 7.93. The SMILES string of the molecule is CC[C@@H](O)[C@H](C)[C@@H]1CCC[C@@H]2CCC(C)OCC21. The lowest BCUT2D eigenvalue weighted by Gasteiger charge is -2.41. The molecule has 0 bridgehead atoms. The van der Waals surface area contributed by atoms with E-state index in [1.165, 1.54) is 32.1 Å². The number of hydrogen-bond donors (Lipinski definition) is 1. The predicted molar refractivity (Wildman–Crippen MR) is 74.4 cm³/mol. The molecule has 0 radical (unpaired) electrons. The van der Waals surface area contributed by atoms with Crippen molar-refractivity contribution >= 4 is 0 Å². The first kappa shape index (κ1) is 14.3. The first-order valence-electron chi connectivity index (χ1n) is 7.93. The minimum atomic E-state index is -0.130. The molecule has 1 N–H and O–H groups in total. The molecule has 2 rings (SSSR count). The molecule has 18 heavy (non-hydrogen) atoms. The van der Waals surface area contributed by atoms with E-state index in [1.807, 2.05) is 0 Å². The maximum atomic E-state index is 10.2. The van der Waals surface area contributed by atoms with Gasteiger partial charge in [0.25, 0.3) is 0 Å². The Morgan fingerprint density at radius 3 is 2.72 bits per heavy atom. The molecule has 1 saturated heterocycles. The molecule has 2 fully saturated rings. The molecular weight excluding hydrogens is 224 g/mol. The molecule has 0 aromatic carbocycles. The van der Waals surface area contributed by atoms with Gasteiger partial charge in [0, 0.05) is 0 Å². The van der Waals surface area contributed by atoms with Crippen LogP contribution in [0, 0.1) is 23.7 Å². The monoisotopic (exact) mass is 254 g/mol. The number of fused-ring (bicyclic) bond motifs is 1. The van der Waals surface area contributed by atoms with Gasteiger partial charge in [-0.15, -0.1) is 0 Å². The van der Waals surface area contributed by atoms with Crippen LogP contribution in [0.3, 0.4) is 0 Å². The summed E-state index contributed by atoms with van der Waals surface area (Å²) in [5, 5.41) is 10.2. The summed E-state index contributed by atoms with van der Waals surface area (Å²) in [6, 6.07) is 0. The first-order chi connectivity index (χ1) is 8.63. The third-order valence-electron chi connectivity index (χ3n) is 5.49. The molecule has 1 aliphatic carbocycles. The minimum Gasteiger partial charge on any atom is -0.393 e. The highest BCUT2D eigenvalue weighted by molar-refractivity contribution is 4.88. The molecule has 2 unspecified atom stereocenters. The standard InChI is InChI=1S/C16H30O2/c1-4-16(17)12(3)14-7-5-6-13-9-8-11(2)18-10-15(13)14/h11-17H,4-10H2,1-3H3/t11?,12-,13-,14+,15?,16-/m1/s1. The lowest BCUT2D eigenvalue weighted by Crippen LogP contribution is -2.38. The van der Waals surface area contributed by atoms with E-state index < -0.39 is 0 Å². The molecule has 1 aliphatic heterocycles. The minimum absolute atomic E-state index is 0.130. The largest absolute Gasteiger partial charge is 0.393 e. The number of rotatable bonds is 3. The maximum absolute atomic E-state index is 10.2. The van der Waals surface area contributed by atoms with Gasteiger partial charge in [-0.2, -0.15) is 0 Å². The van der Waals surface area contributed by atoms with Crippen molar-refractivity contribution in [3.63, 3.8) is 0 Å². The molecule has 2 heteroatoms. The lowest BCUT2D eigenvalue weighted by atomic mass is 9.65.